The summed E-state index contributed by atoms with van der Waals surface area (Å²) in [4.78, 5) is 4.24. The fourth-order valence-electron chi connectivity index (χ4n) is 2.66. The first kappa shape index (κ1) is 8.42. The number of pyridine rings is 1. The summed E-state index contributed by atoms with van der Waals surface area (Å²) in [7, 11) is 0. The summed E-state index contributed by atoms with van der Waals surface area (Å²) in [5, 5.41) is 0. The molecule has 2 N–H and O–H groups in total. The second-order valence-electron chi connectivity index (χ2n) is 4.92. The van der Waals surface area contributed by atoms with E-state index < -0.39 is 0 Å². The third kappa shape index (κ3) is 0.976. The van der Waals surface area contributed by atoms with Crippen molar-refractivity contribution in [1.82, 2.24) is 4.98 Å². The van der Waals surface area contributed by atoms with Gasteiger partial charge in [0, 0.05) is 22.8 Å². The van der Waals surface area contributed by atoms with Crippen LogP contribution in [-0.2, 0) is 5.41 Å². The Hall–Kier alpha value is -0.890. The highest BCUT2D eigenvalue weighted by atomic mass is 14.9. The highest BCUT2D eigenvalue weighted by Gasteiger charge is 2.63. The second kappa shape index (κ2) is 2.37. The van der Waals surface area contributed by atoms with Gasteiger partial charge in [-0.1, -0.05) is 0 Å². The van der Waals surface area contributed by atoms with Crippen LogP contribution in [0.3, 0.4) is 0 Å². The monoisotopic (exact) mass is 188 g/mol. The molecule has 0 aliphatic heterocycles. The minimum atomic E-state index is 0.126. The van der Waals surface area contributed by atoms with Gasteiger partial charge in [0.2, 0.25) is 0 Å². The van der Waals surface area contributed by atoms with Gasteiger partial charge in [-0.05, 0) is 50.3 Å². The minimum Gasteiger partial charge on any atom is -0.324 e. The first-order valence-corrected chi connectivity index (χ1v) is 5.38. The van der Waals surface area contributed by atoms with Crippen molar-refractivity contribution in [2.45, 2.75) is 43.6 Å². The minimum absolute atomic E-state index is 0.126. The standard InChI is InChI=1S/C12H16N2/c1-9-8-10(2-7-14-9)11(3-4-11)12(13)5-6-12/h2,7-8H,3-6,13H2,1H3. The maximum atomic E-state index is 6.35. The molecule has 0 aromatic carbocycles. The number of nitrogens with two attached hydrogens (primary N) is 1. The Morgan fingerprint density at radius 1 is 1.29 bits per heavy atom. The van der Waals surface area contributed by atoms with Gasteiger partial charge in [-0.3, -0.25) is 4.98 Å². The van der Waals surface area contributed by atoms with E-state index >= 15 is 0 Å². The first-order chi connectivity index (χ1) is 6.66. The Bertz CT molecular complexity index is 376. The molecule has 0 saturated heterocycles. The topological polar surface area (TPSA) is 38.9 Å². The Kier molecular flexibility index (Phi) is 1.43. The van der Waals surface area contributed by atoms with Crippen LogP contribution in [-0.4, -0.2) is 10.5 Å². The molecule has 1 aromatic rings. The van der Waals surface area contributed by atoms with Crippen LogP contribution in [0.1, 0.15) is 36.9 Å². The molecule has 1 heterocycles. The van der Waals surface area contributed by atoms with Gasteiger partial charge in [0.05, 0.1) is 0 Å². The summed E-state index contributed by atoms with van der Waals surface area (Å²) < 4.78 is 0. The quantitative estimate of drug-likeness (QED) is 0.770. The van der Waals surface area contributed by atoms with E-state index in [1.165, 1.54) is 31.2 Å². The van der Waals surface area contributed by atoms with E-state index in [2.05, 4.69) is 24.0 Å². The van der Waals surface area contributed by atoms with Crippen LogP contribution in [0.2, 0.25) is 0 Å². The van der Waals surface area contributed by atoms with Crippen LogP contribution in [0, 0.1) is 6.92 Å². The maximum absolute atomic E-state index is 6.35. The predicted octanol–water partition coefficient (Wildman–Crippen LogP) is 1.91. The van der Waals surface area contributed by atoms with Crippen LogP contribution in [0.4, 0.5) is 0 Å². The van der Waals surface area contributed by atoms with E-state index in [1.54, 1.807) is 0 Å². The SMILES string of the molecule is Cc1cc(C2(C3(N)CC3)CC2)ccn1. The van der Waals surface area contributed by atoms with E-state index in [-0.39, 0.29) is 5.54 Å². The van der Waals surface area contributed by atoms with E-state index in [4.69, 9.17) is 5.73 Å². The fraction of sp³-hybridized carbons (Fsp3) is 0.583. The molecule has 14 heavy (non-hydrogen) atoms. The number of nitrogens with zero attached hydrogens (tertiary/aromatic N) is 1. The van der Waals surface area contributed by atoms with Crippen molar-refractivity contribution in [1.29, 1.82) is 0 Å². The molecule has 0 amide bonds. The molecule has 2 aliphatic rings. The average Bonchev–Trinajstić information content (AvgIpc) is 2.98. The molecule has 2 aliphatic carbocycles. The third-order valence-electron chi connectivity index (χ3n) is 3.94. The zero-order valence-electron chi connectivity index (χ0n) is 8.59. The van der Waals surface area contributed by atoms with Crippen molar-refractivity contribution in [3.63, 3.8) is 0 Å². The van der Waals surface area contributed by atoms with Crippen molar-refractivity contribution >= 4 is 0 Å². The van der Waals surface area contributed by atoms with Crippen molar-refractivity contribution < 1.29 is 0 Å². The lowest BCUT2D eigenvalue weighted by molar-refractivity contribution is 0.502. The van der Waals surface area contributed by atoms with Crippen LogP contribution < -0.4 is 5.73 Å². The van der Waals surface area contributed by atoms with E-state index in [1.807, 2.05) is 6.20 Å². The van der Waals surface area contributed by atoms with Crippen molar-refractivity contribution in [3.05, 3.63) is 29.6 Å². The Labute approximate surface area is 84.5 Å². The van der Waals surface area contributed by atoms with E-state index in [0.717, 1.165) is 5.69 Å². The first-order valence-electron chi connectivity index (χ1n) is 5.38. The number of aromatic nitrogens is 1. The summed E-state index contributed by atoms with van der Waals surface area (Å²) in [6.45, 7) is 2.05. The Balaban J connectivity index is 2.02. The molecule has 3 rings (SSSR count). The molecule has 0 spiro atoms. The third-order valence-corrected chi connectivity index (χ3v) is 3.94. The summed E-state index contributed by atoms with van der Waals surface area (Å²) in [6.07, 6.45) is 6.86. The molecule has 2 saturated carbocycles. The van der Waals surface area contributed by atoms with Gasteiger partial charge in [-0.2, -0.15) is 0 Å². The van der Waals surface area contributed by atoms with Crippen LogP contribution in [0.15, 0.2) is 18.3 Å². The predicted molar refractivity (Wildman–Crippen MR) is 56.0 cm³/mol. The largest absolute Gasteiger partial charge is 0.324 e. The van der Waals surface area contributed by atoms with E-state index in [9.17, 15) is 0 Å². The molecule has 1 aromatic heterocycles. The Morgan fingerprint density at radius 3 is 2.50 bits per heavy atom. The average molecular weight is 188 g/mol. The molecule has 0 atom stereocenters. The van der Waals surface area contributed by atoms with Gasteiger partial charge in [-0.25, -0.2) is 0 Å². The zero-order valence-corrected chi connectivity index (χ0v) is 8.59. The molecule has 0 radical (unpaired) electrons. The normalized spacial score (nSPS) is 25.9. The molecule has 0 bridgehead atoms. The Morgan fingerprint density at radius 2 is 2.00 bits per heavy atom. The van der Waals surface area contributed by atoms with E-state index in [0.29, 0.717) is 5.41 Å². The molecule has 2 heteroatoms. The van der Waals surface area contributed by atoms with Gasteiger partial charge < -0.3 is 5.73 Å². The lowest BCUT2D eigenvalue weighted by atomic mass is 9.86. The molecular formula is C12H16N2. The summed E-state index contributed by atoms with van der Waals surface area (Å²) in [6, 6.07) is 4.35. The van der Waals surface area contributed by atoms with Gasteiger partial charge in [0.1, 0.15) is 0 Å². The summed E-state index contributed by atoms with van der Waals surface area (Å²) >= 11 is 0. The zero-order chi connectivity index (χ0) is 9.81. The summed E-state index contributed by atoms with van der Waals surface area (Å²) in [5.41, 5.74) is 9.33. The highest BCUT2D eigenvalue weighted by molar-refractivity contribution is 5.40. The van der Waals surface area contributed by atoms with Crippen molar-refractivity contribution in [2.24, 2.45) is 5.73 Å². The molecule has 74 valence electrons. The fourth-order valence-corrected chi connectivity index (χ4v) is 2.66. The van der Waals surface area contributed by atoms with Crippen LogP contribution in [0.25, 0.3) is 0 Å². The second-order valence-corrected chi connectivity index (χ2v) is 4.92. The summed E-state index contributed by atoms with van der Waals surface area (Å²) in [5.74, 6) is 0. The number of hydrogen-bond acceptors (Lipinski definition) is 2. The lowest BCUT2D eigenvalue weighted by Crippen LogP contribution is -2.37. The van der Waals surface area contributed by atoms with Gasteiger partial charge in [0.15, 0.2) is 0 Å². The lowest BCUT2D eigenvalue weighted by Gasteiger charge is -2.23. The molecule has 2 fully saturated rings. The smallest absolute Gasteiger partial charge is 0.0375 e. The van der Waals surface area contributed by atoms with Crippen LogP contribution >= 0.6 is 0 Å². The van der Waals surface area contributed by atoms with Gasteiger partial charge in [-0.15, -0.1) is 0 Å². The maximum Gasteiger partial charge on any atom is 0.0375 e. The molecular weight excluding hydrogens is 172 g/mol. The van der Waals surface area contributed by atoms with Crippen molar-refractivity contribution in [2.75, 3.05) is 0 Å². The highest BCUT2D eigenvalue weighted by Crippen LogP contribution is 2.63. The van der Waals surface area contributed by atoms with Crippen LogP contribution in [0.5, 0.6) is 0 Å². The number of rotatable bonds is 2. The number of hydrogen-bond donors (Lipinski definition) is 1. The molecule has 2 nitrogen and oxygen atoms in total. The van der Waals surface area contributed by atoms with Gasteiger partial charge in [0.25, 0.3) is 0 Å². The molecule has 0 unspecified atom stereocenters. The number of aryl methyl sites for hydroxylation is 1. The van der Waals surface area contributed by atoms with Gasteiger partial charge >= 0.3 is 0 Å². The van der Waals surface area contributed by atoms with Crippen molar-refractivity contribution in [3.8, 4) is 0 Å².